The fourth-order valence-electron chi connectivity index (χ4n) is 3.05. The first-order valence-electron chi connectivity index (χ1n) is 9.13. The number of carbonyl (C=O) groups excluding carboxylic acids is 1. The van der Waals surface area contributed by atoms with Gasteiger partial charge in [-0.05, 0) is 67.6 Å². The molecule has 0 bridgehead atoms. The zero-order valence-corrected chi connectivity index (χ0v) is 18.5. The quantitative estimate of drug-likeness (QED) is 0.723. The predicted octanol–water partition coefficient (Wildman–Crippen LogP) is 4.30. The van der Waals surface area contributed by atoms with E-state index in [4.69, 9.17) is 11.6 Å². The Labute approximate surface area is 172 Å². The standard InChI is InChI=1S/C21H27ClN2O3S/c1-6-19(17-8-7-14(2)15(3)11-17)23-21(25)13-24(28(5,26)27)20-10-9-18(22)12-16(20)4/h7-12,19H,6,13H2,1-5H3,(H,23,25). The summed E-state index contributed by atoms with van der Waals surface area (Å²) in [5.41, 5.74) is 4.48. The average Bonchev–Trinajstić information content (AvgIpc) is 2.60. The molecule has 0 spiro atoms. The highest BCUT2D eigenvalue weighted by Gasteiger charge is 2.24. The predicted molar refractivity (Wildman–Crippen MR) is 115 cm³/mol. The van der Waals surface area contributed by atoms with Crippen molar-refractivity contribution in [1.82, 2.24) is 5.32 Å². The van der Waals surface area contributed by atoms with Gasteiger partial charge in [0.05, 0.1) is 18.0 Å². The molecule has 1 N–H and O–H groups in total. The number of aryl methyl sites for hydroxylation is 3. The molecule has 1 atom stereocenters. The van der Waals surface area contributed by atoms with Crippen LogP contribution in [0.15, 0.2) is 36.4 Å². The van der Waals surface area contributed by atoms with Gasteiger partial charge in [-0.25, -0.2) is 8.42 Å². The van der Waals surface area contributed by atoms with E-state index < -0.39 is 10.0 Å². The minimum atomic E-state index is -3.64. The molecule has 7 heteroatoms. The molecule has 0 fully saturated rings. The SMILES string of the molecule is CCC(NC(=O)CN(c1ccc(Cl)cc1C)S(C)(=O)=O)c1ccc(C)c(C)c1. The number of nitrogens with one attached hydrogen (secondary N) is 1. The van der Waals surface area contributed by atoms with E-state index in [1.165, 1.54) is 5.56 Å². The summed E-state index contributed by atoms with van der Waals surface area (Å²) in [7, 11) is -3.64. The molecule has 0 aromatic heterocycles. The lowest BCUT2D eigenvalue weighted by molar-refractivity contribution is -0.120. The molecular formula is C21H27ClN2O3S. The van der Waals surface area contributed by atoms with Crippen molar-refractivity contribution in [3.63, 3.8) is 0 Å². The highest BCUT2D eigenvalue weighted by Crippen LogP contribution is 2.26. The van der Waals surface area contributed by atoms with Gasteiger partial charge in [0.2, 0.25) is 15.9 Å². The second kappa shape index (κ2) is 8.97. The van der Waals surface area contributed by atoms with Crippen LogP contribution in [-0.2, 0) is 14.8 Å². The van der Waals surface area contributed by atoms with Crippen LogP contribution in [0, 0.1) is 20.8 Å². The highest BCUT2D eigenvalue weighted by molar-refractivity contribution is 7.92. The van der Waals surface area contributed by atoms with Crippen molar-refractivity contribution >= 4 is 33.2 Å². The number of nitrogens with zero attached hydrogens (tertiary/aromatic N) is 1. The number of hydrogen-bond acceptors (Lipinski definition) is 3. The van der Waals surface area contributed by atoms with E-state index in [1.807, 2.05) is 32.9 Å². The first-order valence-corrected chi connectivity index (χ1v) is 11.4. The molecule has 2 rings (SSSR count). The Kier molecular flexibility index (Phi) is 7.12. The van der Waals surface area contributed by atoms with Crippen molar-refractivity contribution in [2.24, 2.45) is 0 Å². The Morgan fingerprint density at radius 3 is 2.29 bits per heavy atom. The van der Waals surface area contributed by atoms with E-state index in [2.05, 4.69) is 11.4 Å². The number of hydrogen-bond donors (Lipinski definition) is 1. The Bertz CT molecular complexity index is 974. The summed E-state index contributed by atoms with van der Waals surface area (Å²) in [5.74, 6) is -0.357. The molecule has 0 heterocycles. The number of halogens is 1. The number of carbonyl (C=O) groups is 1. The maximum Gasteiger partial charge on any atom is 0.241 e. The first-order chi connectivity index (χ1) is 13.0. The molecule has 1 amide bonds. The van der Waals surface area contributed by atoms with Crippen molar-refractivity contribution in [2.45, 2.75) is 40.2 Å². The molecule has 1 unspecified atom stereocenters. The van der Waals surface area contributed by atoms with Crippen LogP contribution < -0.4 is 9.62 Å². The van der Waals surface area contributed by atoms with Gasteiger partial charge in [0.15, 0.2) is 0 Å². The molecule has 0 aliphatic carbocycles. The van der Waals surface area contributed by atoms with E-state index in [0.717, 1.165) is 21.7 Å². The van der Waals surface area contributed by atoms with Gasteiger partial charge in [0.1, 0.15) is 6.54 Å². The third-order valence-corrected chi connectivity index (χ3v) is 6.15. The molecule has 0 saturated heterocycles. The number of anilines is 1. The number of sulfonamides is 1. The van der Waals surface area contributed by atoms with Crippen molar-refractivity contribution in [2.75, 3.05) is 17.1 Å². The molecule has 0 aliphatic rings. The number of benzene rings is 2. The topological polar surface area (TPSA) is 66.5 Å². The van der Waals surface area contributed by atoms with Crippen LogP contribution >= 0.6 is 11.6 Å². The van der Waals surface area contributed by atoms with E-state index in [-0.39, 0.29) is 18.5 Å². The van der Waals surface area contributed by atoms with Crippen molar-refractivity contribution in [3.8, 4) is 0 Å². The lowest BCUT2D eigenvalue weighted by atomic mass is 9.99. The molecule has 2 aromatic rings. The summed E-state index contributed by atoms with van der Waals surface area (Å²) in [6.45, 7) is 7.53. The van der Waals surface area contributed by atoms with Crippen molar-refractivity contribution < 1.29 is 13.2 Å². The maximum absolute atomic E-state index is 12.7. The minimum Gasteiger partial charge on any atom is -0.348 e. The summed E-state index contributed by atoms with van der Waals surface area (Å²) < 4.78 is 25.8. The average molecular weight is 423 g/mol. The van der Waals surface area contributed by atoms with Crippen LogP contribution in [0.3, 0.4) is 0 Å². The molecule has 0 aliphatic heterocycles. The van der Waals surface area contributed by atoms with Gasteiger partial charge in [-0.15, -0.1) is 0 Å². The fourth-order valence-corrected chi connectivity index (χ4v) is 4.19. The number of amides is 1. The van der Waals surface area contributed by atoms with E-state index in [9.17, 15) is 13.2 Å². The summed E-state index contributed by atoms with van der Waals surface area (Å²) in [4.78, 5) is 12.7. The van der Waals surface area contributed by atoms with Gasteiger partial charge in [-0.2, -0.15) is 0 Å². The fraction of sp³-hybridized carbons (Fsp3) is 0.381. The number of rotatable bonds is 7. The van der Waals surface area contributed by atoms with Gasteiger partial charge in [0.25, 0.3) is 0 Å². The molecule has 0 saturated carbocycles. The molecular weight excluding hydrogens is 396 g/mol. The van der Waals surface area contributed by atoms with Crippen LogP contribution in [0.25, 0.3) is 0 Å². The summed E-state index contributed by atoms with van der Waals surface area (Å²) >= 11 is 5.97. The van der Waals surface area contributed by atoms with E-state index in [0.29, 0.717) is 22.7 Å². The second-order valence-corrected chi connectivity index (χ2v) is 9.42. The largest absolute Gasteiger partial charge is 0.348 e. The van der Waals surface area contributed by atoms with Crippen LogP contribution in [0.2, 0.25) is 5.02 Å². The molecule has 2 aromatic carbocycles. The molecule has 28 heavy (non-hydrogen) atoms. The molecule has 152 valence electrons. The Morgan fingerprint density at radius 1 is 1.07 bits per heavy atom. The zero-order chi connectivity index (χ0) is 21.1. The van der Waals surface area contributed by atoms with Gasteiger partial charge in [0, 0.05) is 5.02 Å². The Morgan fingerprint density at radius 2 is 1.75 bits per heavy atom. The van der Waals surface area contributed by atoms with Crippen molar-refractivity contribution in [1.29, 1.82) is 0 Å². The van der Waals surface area contributed by atoms with Gasteiger partial charge >= 0.3 is 0 Å². The third-order valence-electron chi connectivity index (χ3n) is 4.79. The van der Waals surface area contributed by atoms with Gasteiger partial charge in [-0.3, -0.25) is 9.10 Å². The van der Waals surface area contributed by atoms with Gasteiger partial charge in [-0.1, -0.05) is 36.7 Å². The maximum atomic E-state index is 12.7. The Hall–Kier alpha value is -2.05. The molecule has 5 nitrogen and oxygen atoms in total. The monoisotopic (exact) mass is 422 g/mol. The minimum absolute atomic E-state index is 0.181. The van der Waals surface area contributed by atoms with E-state index in [1.54, 1.807) is 25.1 Å². The van der Waals surface area contributed by atoms with E-state index >= 15 is 0 Å². The smallest absolute Gasteiger partial charge is 0.241 e. The van der Waals surface area contributed by atoms with Crippen LogP contribution in [0.5, 0.6) is 0 Å². The van der Waals surface area contributed by atoms with Crippen LogP contribution in [0.1, 0.15) is 41.6 Å². The third kappa shape index (κ3) is 5.49. The normalized spacial score (nSPS) is 12.5. The van der Waals surface area contributed by atoms with Crippen molar-refractivity contribution in [3.05, 3.63) is 63.7 Å². The highest BCUT2D eigenvalue weighted by atomic mass is 35.5. The summed E-state index contributed by atoms with van der Waals surface area (Å²) in [6, 6.07) is 10.8. The lowest BCUT2D eigenvalue weighted by Crippen LogP contribution is -2.41. The summed E-state index contributed by atoms with van der Waals surface area (Å²) in [5, 5.41) is 3.48. The van der Waals surface area contributed by atoms with Gasteiger partial charge < -0.3 is 5.32 Å². The second-order valence-electron chi connectivity index (χ2n) is 7.07. The van der Waals surface area contributed by atoms with Crippen LogP contribution in [0.4, 0.5) is 5.69 Å². The molecule has 0 radical (unpaired) electrons. The Balaban J connectivity index is 2.24. The first kappa shape index (κ1) is 22.2. The lowest BCUT2D eigenvalue weighted by Gasteiger charge is -2.25. The van der Waals surface area contributed by atoms with Crippen LogP contribution in [-0.4, -0.2) is 27.1 Å². The summed E-state index contributed by atoms with van der Waals surface area (Å²) in [6.07, 6.45) is 1.79. The zero-order valence-electron chi connectivity index (χ0n) is 16.9.